The number of nitrogens with zero attached hydrogens (tertiary/aromatic N) is 6. The van der Waals surface area contributed by atoms with Gasteiger partial charge in [0.05, 0.1) is 51.7 Å². The fourth-order valence-corrected chi connectivity index (χ4v) is 10.2. The van der Waals surface area contributed by atoms with Crippen LogP contribution in [0, 0.1) is 0 Å². The van der Waals surface area contributed by atoms with E-state index < -0.39 is 76.8 Å². The number of H-pyrrole nitrogens is 2. The summed E-state index contributed by atoms with van der Waals surface area (Å²) < 4.78 is 61.3. The smallest absolute Gasteiger partial charge is 0.394 e. The van der Waals surface area contributed by atoms with Crippen molar-refractivity contribution in [2.24, 2.45) is 0 Å². The highest BCUT2D eigenvalue weighted by molar-refractivity contribution is 7.47. The van der Waals surface area contributed by atoms with Crippen LogP contribution in [0.25, 0.3) is 22.3 Å². The Balaban J connectivity index is 0.693. The second kappa shape index (κ2) is 25.0. The number of aliphatic hydroxyl groups is 2. The van der Waals surface area contributed by atoms with Crippen LogP contribution >= 0.6 is 15.6 Å². The first-order valence-electron chi connectivity index (χ1n) is 22.6. The van der Waals surface area contributed by atoms with Crippen molar-refractivity contribution in [3.8, 4) is 0 Å². The molecule has 0 aromatic carbocycles. The van der Waals surface area contributed by atoms with Crippen LogP contribution in [0.4, 0.5) is 0 Å². The number of imidazole rings is 2. The molecule has 22 nitrogen and oxygen atoms in total. The van der Waals surface area contributed by atoms with Crippen LogP contribution in [-0.4, -0.2) is 110 Å². The molecule has 0 radical (unpaired) electrons. The number of hydrogen-bond acceptors (Lipinski definition) is 16. The molecule has 2 fully saturated rings. The lowest BCUT2D eigenvalue weighted by Crippen LogP contribution is -2.27. The maximum Gasteiger partial charge on any atom is 0.472 e. The maximum atomic E-state index is 12.7. The average molecular weight is 943 g/mol. The Hall–Kier alpha value is -3.24. The third kappa shape index (κ3) is 14.6. The summed E-state index contributed by atoms with van der Waals surface area (Å²) in [5.41, 5.74) is 0.0652. The summed E-state index contributed by atoms with van der Waals surface area (Å²) in [5, 5.41) is 19.6. The highest BCUT2D eigenvalue weighted by atomic mass is 31.2. The van der Waals surface area contributed by atoms with Gasteiger partial charge in [-0.1, -0.05) is 103 Å². The van der Waals surface area contributed by atoms with Crippen LogP contribution in [-0.2, 0) is 36.7 Å². The van der Waals surface area contributed by atoms with Crippen LogP contribution in [0.15, 0.2) is 34.9 Å². The first-order chi connectivity index (χ1) is 31.0. The van der Waals surface area contributed by atoms with Gasteiger partial charge >= 0.3 is 15.6 Å². The molecule has 64 heavy (non-hydrogen) atoms. The zero-order chi connectivity index (χ0) is 45.4. The van der Waals surface area contributed by atoms with Crippen LogP contribution in [0.2, 0.25) is 0 Å². The molecular weight excluding hydrogens is 878 g/mol. The lowest BCUT2D eigenvalue weighted by atomic mass is 10.0. The minimum Gasteiger partial charge on any atom is -0.394 e. The topological polar surface area (TPSA) is 298 Å². The molecule has 2 aliphatic rings. The minimum atomic E-state index is -4.39. The van der Waals surface area contributed by atoms with E-state index in [0.717, 1.165) is 38.5 Å². The van der Waals surface area contributed by atoms with Crippen molar-refractivity contribution in [1.29, 1.82) is 0 Å². The van der Waals surface area contributed by atoms with Gasteiger partial charge in [-0.3, -0.25) is 36.8 Å². The van der Waals surface area contributed by atoms with Crippen molar-refractivity contribution >= 4 is 38.0 Å². The van der Waals surface area contributed by atoms with E-state index in [-0.39, 0.29) is 37.1 Å². The van der Waals surface area contributed by atoms with E-state index in [2.05, 4.69) is 29.9 Å². The fraction of sp³-hybridized carbons (Fsp3) is 0.750. The van der Waals surface area contributed by atoms with Gasteiger partial charge in [0.15, 0.2) is 22.3 Å². The minimum absolute atomic E-state index is 0.0855. The molecule has 4 aromatic heterocycles. The van der Waals surface area contributed by atoms with Gasteiger partial charge in [0.25, 0.3) is 11.1 Å². The van der Waals surface area contributed by atoms with Crippen molar-refractivity contribution in [2.45, 2.75) is 165 Å². The van der Waals surface area contributed by atoms with Gasteiger partial charge in [0, 0.05) is 12.8 Å². The third-order valence-electron chi connectivity index (χ3n) is 11.7. The van der Waals surface area contributed by atoms with Gasteiger partial charge in [0.1, 0.15) is 36.9 Å². The molecule has 2 unspecified atom stereocenters. The molecule has 8 atom stereocenters. The second-order valence-corrected chi connectivity index (χ2v) is 19.3. The van der Waals surface area contributed by atoms with Gasteiger partial charge in [-0.25, -0.2) is 29.1 Å². The summed E-state index contributed by atoms with van der Waals surface area (Å²) in [6.45, 7) is -0.692. The number of aromatic amines is 2. The zero-order valence-electron chi connectivity index (χ0n) is 36.2. The van der Waals surface area contributed by atoms with E-state index in [4.69, 9.17) is 27.6 Å². The third-order valence-corrected chi connectivity index (χ3v) is 13.7. The number of phosphoric ester groups is 2. The van der Waals surface area contributed by atoms with E-state index in [1.807, 2.05) is 0 Å². The summed E-state index contributed by atoms with van der Waals surface area (Å²) in [6.07, 6.45) is 20.1. The number of nitrogens with one attached hydrogen (secondary N) is 2. The van der Waals surface area contributed by atoms with Gasteiger partial charge in [-0.2, -0.15) is 0 Å². The molecule has 0 amide bonds. The van der Waals surface area contributed by atoms with Crippen molar-refractivity contribution in [1.82, 2.24) is 39.0 Å². The lowest BCUT2D eigenvalue weighted by Gasteiger charge is -2.19. The Kier molecular flexibility index (Phi) is 19.6. The highest BCUT2D eigenvalue weighted by Crippen LogP contribution is 2.50. The second-order valence-electron chi connectivity index (χ2n) is 16.5. The summed E-state index contributed by atoms with van der Waals surface area (Å²) in [4.78, 5) is 66.0. The van der Waals surface area contributed by atoms with Crippen LogP contribution in [0.1, 0.15) is 141 Å². The molecule has 6 rings (SSSR count). The van der Waals surface area contributed by atoms with Crippen molar-refractivity contribution in [3.05, 3.63) is 46.0 Å². The Morgan fingerprint density at radius 2 is 0.891 bits per heavy atom. The Morgan fingerprint density at radius 3 is 1.22 bits per heavy atom. The van der Waals surface area contributed by atoms with Crippen molar-refractivity contribution in [3.63, 3.8) is 0 Å². The molecule has 2 saturated heterocycles. The first-order valence-corrected chi connectivity index (χ1v) is 25.6. The average Bonchev–Trinajstić information content (AvgIpc) is 4.08. The molecule has 2 aliphatic heterocycles. The number of rotatable bonds is 31. The summed E-state index contributed by atoms with van der Waals surface area (Å²) in [6, 6.07) is 0. The van der Waals surface area contributed by atoms with Crippen molar-refractivity contribution < 1.29 is 56.7 Å². The number of unbranched alkanes of at least 4 members (excludes halogenated alkanes) is 17. The largest absolute Gasteiger partial charge is 0.472 e. The lowest BCUT2D eigenvalue weighted by molar-refractivity contribution is -0.0438. The van der Waals surface area contributed by atoms with E-state index in [0.29, 0.717) is 24.1 Å². The standard InChI is InChI=1S/C40H64N8O14P2/c49-23-31-29(21-33(59-31)47-27-45-35-37(47)41-25-43-39(35)51)61-63(53,54)57-19-17-15-13-11-9-7-5-3-1-2-4-6-8-10-12-14-16-18-20-58-64(55,56)62-30-22-34(60-32(30)24-50)48-28-46-36-38(48)42-26-44-40(36)52/h25-34,49-50H,1-24H2,(H,53,54)(H,55,56)(H,41,43,51)(H,42,44,52)/t29-,30-,31+,32+,33+,34+/m0/s1. The molecule has 4 aromatic rings. The summed E-state index contributed by atoms with van der Waals surface area (Å²) in [7, 11) is -8.78. The highest BCUT2D eigenvalue weighted by Gasteiger charge is 2.43. The fourth-order valence-electron chi connectivity index (χ4n) is 8.24. The van der Waals surface area contributed by atoms with E-state index in [9.17, 15) is 38.7 Å². The maximum absolute atomic E-state index is 12.7. The van der Waals surface area contributed by atoms with Crippen LogP contribution in [0.5, 0.6) is 0 Å². The van der Waals surface area contributed by atoms with Gasteiger partial charge in [-0.15, -0.1) is 0 Å². The summed E-state index contributed by atoms with van der Waals surface area (Å²) >= 11 is 0. The number of aliphatic hydroxyl groups excluding tert-OH is 2. The molecular formula is C40H64N8O14P2. The molecule has 0 saturated carbocycles. The SMILES string of the molecule is O=c1[nH]cnc2c1ncn2[C@H]1C[C@H](OP(=O)(O)OCCCCCCCCCCCCCCCCCCCCOP(=O)(O)O[C@H]2C[C@H](n3cnc4c(=O)[nH]cnc43)O[C@@H]2CO)[C@@H](CO)O1. The zero-order valence-corrected chi connectivity index (χ0v) is 38.0. The van der Waals surface area contributed by atoms with Crippen molar-refractivity contribution in [2.75, 3.05) is 26.4 Å². The van der Waals surface area contributed by atoms with Crippen LogP contribution in [0.3, 0.4) is 0 Å². The molecule has 0 aliphatic carbocycles. The Labute approximate surface area is 370 Å². The molecule has 6 N–H and O–H groups in total. The Bertz CT molecular complexity index is 2080. The monoisotopic (exact) mass is 942 g/mol. The number of ether oxygens (including phenoxy) is 2. The first kappa shape index (κ1) is 50.2. The molecule has 0 bridgehead atoms. The predicted molar refractivity (Wildman–Crippen MR) is 232 cm³/mol. The molecule has 0 spiro atoms. The number of aromatic nitrogens is 8. The normalized spacial score (nSPS) is 23.3. The van der Waals surface area contributed by atoms with E-state index in [1.54, 1.807) is 0 Å². The van der Waals surface area contributed by atoms with Crippen LogP contribution < -0.4 is 11.1 Å². The quantitative estimate of drug-likeness (QED) is 0.0255. The Morgan fingerprint density at radius 1 is 0.562 bits per heavy atom. The molecule has 358 valence electrons. The van der Waals surface area contributed by atoms with Gasteiger partial charge in [0.2, 0.25) is 0 Å². The van der Waals surface area contributed by atoms with Gasteiger partial charge in [-0.05, 0) is 12.8 Å². The van der Waals surface area contributed by atoms with Gasteiger partial charge < -0.3 is 39.4 Å². The molecule has 24 heteroatoms. The summed E-state index contributed by atoms with van der Waals surface area (Å²) in [5.74, 6) is 0. The van der Waals surface area contributed by atoms with E-state index >= 15 is 0 Å². The number of phosphoric acid groups is 2. The molecule has 6 heterocycles. The van der Waals surface area contributed by atoms with E-state index in [1.165, 1.54) is 98.7 Å². The predicted octanol–water partition coefficient (Wildman–Crippen LogP) is 5.84. The number of fused-ring (bicyclic) bond motifs is 2. The number of hydrogen-bond donors (Lipinski definition) is 6.